The third-order valence-electron chi connectivity index (χ3n) is 2.96. The number of fused-ring (bicyclic) bond motifs is 1. The Morgan fingerprint density at radius 3 is 2.81 bits per heavy atom. The first kappa shape index (κ1) is 10.7. The fourth-order valence-electron chi connectivity index (χ4n) is 2.10. The van der Waals surface area contributed by atoms with E-state index in [4.69, 9.17) is 0 Å². The van der Waals surface area contributed by atoms with Crippen molar-refractivity contribution in [2.45, 2.75) is 26.3 Å². The molecule has 0 aliphatic carbocycles. The Hall–Kier alpha value is -1.78. The number of esters is 1. The topological polar surface area (TPSA) is 68.5 Å². The van der Waals surface area contributed by atoms with E-state index >= 15 is 0 Å². The van der Waals surface area contributed by atoms with Crippen LogP contribution in [0.5, 0.6) is 5.75 Å². The zero-order chi connectivity index (χ0) is 11.9. The second-order valence-electron chi connectivity index (χ2n) is 3.85. The number of carbonyl (C=O) groups excluding carboxylic acids is 1. The zero-order valence-electron chi connectivity index (χ0n) is 9.24. The average molecular weight is 223 g/mol. The largest absolute Gasteiger partial charge is 0.506 e. The molecule has 5 heteroatoms. The molecule has 0 aromatic carbocycles. The lowest BCUT2D eigenvalue weighted by Crippen LogP contribution is -2.25. The molecule has 0 saturated carbocycles. The first-order chi connectivity index (χ1) is 7.57. The summed E-state index contributed by atoms with van der Waals surface area (Å²) in [5.74, 6) is -0.837. The summed E-state index contributed by atoms with van der Waals surface area (Å²) in [5.41, 5.74) is 0.695. The quantitative estimate of drug-likeness (QED) is 0.708. The predicted molar refractivity (Wildman–Crippen MR) is 56.8 cm³/mol. The first-order valence-corrected chi connectivity index (χ1v) is 5.11. The van der Waals surface area contributed by atoms with Crippen molar-refractivity contribution in [3.8, 4) is 5.75 Å². The van der Waals surface area contributed by atoms with Crippen molar-refractivity contribution in [3.63, 3.8) is 0 Å². The van der Waals surface area contributed by atoms with Crippen LogP contribution in [0.4, 0.5) is 0 Å². The van der Waals surface area contributed by atoms with Gasteiger partial charge in [-0.2, -0.15) is 0 Å². The van der Waals surface area contributed by atoms with Crippen LogP contribution in [0.15, 0.2) is 4.79 Å². The average Bonchev–Trinajstić information content (AvgIpc) is 2.74. The number of hydrogen-bond donors (Lipinski definition) is 1. The lowest BCUT2D eigenvalue weighted by atomic mass is 10.1. The van der Waals surface area contributed by atoms with Gasteiger partial charge in [-0.15, -0.1) is 0 Å². The van der Waals surface area contributed by atoms with Crippen LogP contribution in [0.2, 0.25) is 0 Å². The van der Waals surface area contributed by atoms with Gasteiger partial charge >= 0.3 is 5.97 Å². The lowest BCUT2D eigenvalue weighted by molar-refractivity contribution is 0.0595. The van der Waals surface area contributed by atoms with Crippen LogP contribution in [0.3, 0.4) is 0 Å². The van der Waals surface area contributed by atoms with Crippen molar-refractivity contribution in [2.24, 2.45) is 0 Å². The van der Waals surface area contributed by atoms with Crippen LogP contribution in [0.25, 0.3) is 0 Å². The van der Waals surface area contributed by atoms with E-state index in [0.717, 1.165) is 6.42 Å². The van der Waals surface area contributed by atoms with E-state index in [2.05, 4.69) is 4.74 Å². The maximum atomic E-state index is 11.8. The molecule has 0 unspecified atom stereocenters. The maximum absolute atomic E-state index is 11.8. The molecule has 1 aromatic heterocycles. The van der Waals surface area contributed by atoms with Crippen LogP contribution in [0.1, 0.15) is 28.0 Å². The van der Waals surface area contributed by atoms with Crippen molar-refractivity contribution in [3.05, 3.63) is 27.2 Å². The maximum Gasteiger partial charge on any atom is 0.343 e. The van der Waals surface area contributed by atoms with Crippen LogP contribution in [0, 0.1) is 6.92 Å². The molecule has 0 amide bonds. The molecule has 5 nitrogen and oxygen atoms in total. The van der Waals surface area contributed by atoms with E-state index in [1.807, 2.05) is 0 Å². The van der Waals surface area contributed by atoms with Gasteiger partial charge < -0.3 is 14.4 Å². The van der Waals surface area contributed by atoms with E-state index in [-0.39, 0.29) is 22.4 Å². The third kappa shape index (κ3) is 1.31. The Balaban J connectivity index is 2.79. The molecule has 0 spiro atoms. The molecule has 0 fully saturated rings. The van der Waals surface area contributed by atoms with E-state index in [1.54, 1.807) is 4.57 Å². The predicted octanol–water partition coefficient (Wildman–Crippen LogP) is 0.595. The minimum absolute atomic E-state index is 0.136. The van der Waals surface area contributed by atoms with E-state index in [9.17, 15) is 14.7 Å². The summed E-state index contributed by atoms with van der Waals surface area (Å²) >= 11 is 0. The summed E-state index contributed by atoms with van der Waals surface area (Å²) in [6, 6.07) is 0. The Kier molecular flexibility index (Phi) is 2.46. The second kappa shape index (κ2) is 3.66. The smallest absolute Gasteiger partial charge is 0.343 e. The molecule has 1 aromatic rings. The van der Waals surface area contributed by atoms with E-state index in [0.29, 0.717) is 18.7 Å². The highest BCUT2D eigenvalue weighted by Gasteiger charge is 2.27. The van der Waals surface area contributed by atoms with Gasteiger partial charge in [0.25, 0.3) is 5.56 Å². The Bertz CT molecular complexity index is 516. The molecular weight excluding hydrogens is 210 g/mol. The number of carbonyl (C=O) groups is 1. The Morgan fingerprint density at radius 1 is 1.50 bits per heavy atom. The monoisotopic (exact) mass is 223 g/mol. The fraction of sp³-hybridized carbons (Fsp3) is 0.455. The second-order valence-corrected chi connectivity index (χ2v) is 3.85. The van der Waals surface area contributed by atoms with Gasteiger partial charge in [-0.25, -0.2) is 4.79 Å². The summed E-state index contributed by atoms with van der Waals surface area (Å²) < 4.78 is 6.17. The minimum atomic E-state index is -0.591. The molecule has 0 bridgehead atoms. The van der Waals surface area contributed by atoms with Crippen LogP contribution in [-0.2, 0) is 17.7 Å². The van der Waals surface area contributed by atoms with Crippen molar-refractivity contribution in [1.29, 1.82) is 0 Å². The van der Waals surface area contributed by atoms with Gasteiger partial charge in [0.2, 0.25) is 0 Å². The number of rotatable bonds is 1. The number of aromatic nitrogens is 1. The van der Waals surface area contributed by atoms with Crippen molar-refractivity contribution < 1.29 is 14.6 Å². The van der Waals surface area contributed by atoms with Gasteiger partial charge in [0.1, 0.15) is 11.3 Å². The number of ether oxygens (including phenoxy) is 1. The first-order valence-electron chi connectivity index (χ1n) is 5.11. The number of aromatic hydroxyl groups is 1. The summed E-state index contributed by atoms with van der Waals surface area (Å²) in [7, 11) is 1.26. The molecule has 86 valence electrons. The summed E-state index contributed by atoms with van der Waals surface area (Å²) in [6.07, 6.45) is 1.43. The molecule has 0 atom stereocenters. The highest BCUT2D eigenvalue weighted by Crippen LogP contribution is 2.27. The summed E-state index contributed by atoms with van der Waals surface area (Å²) in [6.45, 7) is 2.11. The molecule has 0 saturated heterocycles. The third-order valence-corrected chi connectivity index (χ3v) is 2.96. The number of methoxy groups -OCH3 is 1. The summed E-state index contributed by atoms with van der Waals surface area (Å²) in [4.78, 5) is 23.4. The summed E-state index contributed by atoms with van der Waals surface area (Å²) in [5, 5.41) is 9.83. The van der Waals surface area contributed by atoms with Crippen molar-refractivity contribution in [1.82, 2.24) is 4.57 Å². The van der Waals surface area contributed by atoms with Gasteiger partial charge in [-0.05, 0) is 19.8 Å². The molecule has 2 rings (SSSR count). The van der Waals surface area contributed by atoms with E-state index < -0.39 is 5.97 Å². The van der Waals surface area contributed by atoms with Crippen LogP contribution >= 0.6 is 0 Å². The van der Waals surface area contributed by atoms with E-state index in [1.165, 1.54) is 14.0 Å². The number of pyridine rings is 1. The molecule has 1 aliphatic rings. The number of nitrogens with zero attached hydrogens (tertiary/aromatic N) is 1. The van der Waals surface area contributed by atoms with Gasteiger partial charge in [0.05, 0.1) is 12.7 Å². The van der Waals surface area contributed by atoms with Crippen LogP contribution < -0.4 is 5.56 Å². The van der Waals surface area contributed by atoms with Crippen LogP contribution in [-0.4, -0.2) is 22.8 Å². The molecule has 1 N–H and O–H groups in total. The SMILES string of the molecule is COC(=O)c1c(O)c(C)c(=O)n2c1CCC2. The van der Waals surface area contributed by atoms with Gasteiger partial charge in [0, 0.05) is 12.2 Å². The zero-order valence-corrected chi connectivity index (χ0v) is 9.24. The number of hydrogen-bond acceptors (Lipinski definition) is 4. The highest BCUT2D eigenvalue weighted by atomic mass is 16.5. The van der Waals surface area contributed by atoms with Gasteiger partial charge in [0.15, 0.2) is 0 Å². The molecule has 2 heterocycles. The molecule has 1 aliphatic heterocycles. The molecular formula is C11H13NO4. The van der Waals surface area contributed by atoms with Gasteiger partial charge in [-0.3, -0.25) is 4.79 Å². The van der Waals surface area contributed by atoms with Gasteiger partial charge in [-0.1, -0.05) is 0 Å². The fourth-order valence-corrected chi connectivity index (χ4v) is 2.10. The minimum Gasteiger partial charge on any atom is -0.506 e. The standard InChI is InChI=1S/C11H13NO4/c1-6-9(13)8(11(15)16-2)7-4-3-5-12(7)10(6)14/h13H,3-5H2,1-2H3. The Labute approximate surface area is 92.3 Å². The molecule has 0 radical (unpaired) electrons. The van der Waals surface area contributed by atoms with Crippen molar-refractivity contribution in [2.75, 3.05) is 7.11 Å². The highest BCUT2D eigenvalue weighted by molar-refractivity contribution is 5.94. The lowest BCUT2D eigenvalue weighted by Gasteiger charge is -2.12. The normalized spacial score (nSPS) is 13.6. The molecule has 16 heavy (non-hydrogen) atoms. The Morgan fingerprint density at radius 2 is 2.19 bits per heavy atom. The van der Waals surface area contributed by atoms with Crippen molar-refractivity contribution >= 4 is 5.97 Å².